The first-order valence-electron chi connectivity index (χ1n) is 7.30. The minimum Gasteiger partial charge on any atom is -0.351 e. The second-order valence-corrected chi connectivity index (χ2v) is 5.58. The Labute approximate surface area is 124 Å². The Bertz CT molecular complexity index is 635. The van der Waals surface area contributed by atoms with E-state index in [9.17, 15) is 9.18 Å². The fourth-order valence-electron chi connectivity index (χ4n) is 2.95. The van der Waals surface area contributed by atoms with Gasteiger partial charge in [0.25, 0.3) is 0 Å². The summed E-state index contributed by atoms with van der Waals surface area (Å²) in [5.41, 5.74) is 0.899. The lowest BCUT2D eigenvalue weighted by atomic mass is 9.63. The van der Waals surface area contributed by atoms with Crippen LogP contribution < -0.4 is 5.32 Å². The van der Waals surface area contributed by atoms with Gasteiger partial charge in [0.05, 0.1) is 5.41 Å². The van der Waals surface area contributed by atoms with Crippen molar-refractivity contribution in [2.75, 3.05) is 0 Å². The van der Waals surface area contributed by atoms with Gasteiger partial charge in [-0.15, -0.1) is 0 Å². The van der Waals surface area contributed by atoms with E-state index in [0.717, 1.165) is 12.0 Å². The summed E-state index contributed by atoms with van der Waals surface area (Å²) >= 11 is 0. The van der Waals surface area contributed by atoms with Crippen LogP contribution in [0.2, 0.25) is 0 Å². The van der Waals surface area contributed by atoms with Gasteiger partial charge < -0.3 is 5.32 Å². The van der Waals surface area contributed by atoms with Gasteiger partial charge in [0.15, 0.2) is 0 Å². The number of carbonyl (C=O) groups excluding carboxylic acids is 1. The second kappa shape index (κ2) is 5.68. The lowest BCUT2D eigenvalue weighted by molar-refractivity contribution is -0.130. The number of hydrogen-bond acceptors (Lipinski definition) is 1. The number of halogens is 1. The lowest BCUT2D eigenvalue weighted by Gasteiger charge is -2.40. The third-order valence-corrected chi connectivity index (χ3v) is 4.33. The molecule has 2 aromatic rings. The molecule has 0 aromatic heterocycles. The van der Waals surface area contributed by atoms with Crippen molar-refractivity contribution in [2.45, 2.75) is 31.2 Å². The Balaban J connectivity index is 1.77. The van der Waals surface area contributed by atoms with Crippen molar-refractivity contribution in [3.63, 3.8) is 0 Å². The van der Waals surface area contributed by atoms with E-state index < -0.39 is 5.41 Å². The molecule has 0 bridgehead atoms. The summed E-state index contributed by atoms with van der Waals surface area (Å²) in [5, 5.41) is 2.96. The Morgan fingerprint density at radius 1 is 1.05 bits per heavy atom. The molecule has 21 heavy (non-hydrogen) atoms. The largest absolute Gasteiger partial charge is 0.351 e. The van der Waals surface area contributed by atoms with E-state index in [1.165, 1.54) is 6.07 Å². The molecule has 1 aliphatic carbocycles. The van der Waals surface area contributed by atoms with Gasteiger partial charge in [-0.05, 0) is 24.5 Å². The van der Waals surface area contributed by atoms with Crippen LogP contribution in [0.1, 0.15) is 30.4 Å². The number of amides is 1. The first kappa shape index (κ1) is 13.8. The summed E-state index contributed by atoms with van der Waals surface area (Å²) < 4.78 is 14.0. The Hall–Kier alpha value is -2.16. The molecule has 1 aliphatic rings. The highest BCUT2D eigenvalue weighted by Crippen LogP contribution is 2.44. The molecule has 0 aliphatic heterocycles. The van der Waals surface area contributed by atoms with Gasteiger partial charge in [-0.25, -0.2) is 4.39 Å². The second-order valence-electron chi connectivity index (χ2n) is 5.58. The van der Waals surface area contributed by atoms with Gasteiger partial charge in [0, 0.05) is 12.1 Å². The molecule has 3 heteroatoms. The van der Waals surface area contributed by atoms with Crippen molar-refractivity contribution < 1.29 is 9.18 Å². The van der Waals surface area contributed by atoms with Crippen molar-refractivity contribution in [3.05, 3.63) is 71.5 Å². The number of hydrogen-bond donors (Lipinski definition) is 1. The van der Waals surface area contributed by atoms with Gasteiger partial charge in [0.2, 0.25) is 5.91 Å². The molecule has 0 atom stereocenters. The molecular weight excluding hydrogens is 265 g/mol. The summed E-state index contributed by atoms with van der Waals surface area (Å²) in [5.74, 6) is -0.352. The van der Waals surface area contributed by atoms with E-state index in [0.29, 0.717) is 24.9 Å². The molecule has 0 saturated heterocycles. The standard InChI is InChI=1S/C18H18FNO/c19-16-10-5-4-9-15(16)18(11-6-12-18)17(21)20-13-14-7-2-1-3-8-14/h1-5,7-10H,6,11-13H2,(H,20,21). The van der Waals surface area contributed by atoms with E-state index in [2.05, 4.69) is 5.32 Å². The normalized spacial score (nSPS) is 16.0. The zero-order valence-corrected chi connectivity index (χ0v) is 11.8. The van der Waals surface area contributed by atoms with Crippen LogP contribution in [0.15, 0.2) is 54.6 Å². The molecule has 1 fully saturated rings. The molecule has 1 amide bonds. The Morgan fingerprint density at radius 2 is 1.71 bits per heavy atom. The first-order valence-corrected chi connectivity index (χ1v) is 7.30. The van der Waals surface area contributed by atoms with Gasteiger partial charge in [-0.3, -0.25) is 4.79 Å². The molecular formula is C18H18FNO. The van der Waals surface area contributed by atoms with Crippen LogP contribution in [0.5, 0.6) is 0 Å². The number of nitrogens with one attached hydrogen (secondary N) is 1. The predicted molar refractivity (Wildman–Crippen MR) is 80.2 cm³/mol. The predicted octanol–water partition coefficient (Wildman–Crippen LogP) is 3.56. The molecule has 0 unspecified atom stereocenters. The van der Waals surface area contributed by atoms with Gasteiger partial charge in [-0.2, -0.15) is 0 Å². The monoisotopic (exact) mass is 283 g/mol. The average molecular weight is 283 g/mol. The number of benzene rings is 2. The fraction of sp³-hybridized carbons (Fsp3) is 0.278. The zero-order valence-electron chi connectivity index (χ0n) is 11.8. The lowest BCUT2D eigenvalue weighted by Crippen LogP contribution is -2.49. The summed E-state index contributed by atoms with van der Waals surface area (Å²) in [6.45, 7) is 0.482. The molecule has 0 radical (unpaired) electrons. The maximum absolute atomic E-state index is 14.0. The molecule has 108 valence electrons. The minimum atomic E-state index is -0.680. The van der Waals surface area contributed by atoms with Crippen LogP contribution in [0.3, 0.4) is 0 Å². The average Bonchev–Trinajstić information content (AvgIpc) is 2.47. The molecule has 3 rings (SSSR count). The van der Waals surface area contributed by atoms with E-state index in [1.54, 1.807) is 18.2 Å². The van der Waals surface area contributed by atoms with E-state index in [1.807, 2.05) is 30.3 Å². The smallest absolute Gasteiger partial charge is 0.231 e. The van der Waals surface area contributed by atoms with Crippen LogP contribution in [0.4, 0.5) is 4.39 Å². The van der Waals surface area contributed by atoms with Crippen LogP contribution in [-0.4, -0.2) is 5.91 Å². The molecule has 2 nitrogen and oxygen atoms in total. The summed E-state index contributed by atoms with van der Waals surface area (Å²) in [6, 6.07) is 16.4. The first-order chi connectivity index (χ1) is 10.2. The van der Waals surface area contributed by atoms with E-state index in [-0.39, 0.29) is 11.7 Å². The van der Waals surface area contributed by atoms with E-state index in [4.69, 9.17) is 0 Å². The van der Waals surface area contributed by atoms with E-state index >= 15 is 0 Å². The fourth-order valence-corrected chi connectivity index (χ4v) is 2.95. The van der Waals surface area contributed by atoms with Crippen LogP contribution in [0.25, 0.3) is 0 Å². The molecule has 1 saturated carbocycles. The van der Waals surface area contributed by atoms with Crippen molar-refractivity contribution in [1.82, 2.24) is 5.32 Å². The Kier molecular flexibility index (Phi) is 3.74. The quantitative estimate of drug-likeness (QED) is 0.913. The Morgan fingerprint density at radius 3 is 2.33 bits per heavy atom. The van der Waals surface area contributed by atoms with Crippen LogP contribution in [0, 0.1) is 5.82 Å². The third kappa shape index (κ3) is 2.56. The van der Waals surface area contributed by atoms with Gasteiger partial charge in [0.1, 0.15) is 5.82 Å². The van der Waals surface area contributed by atoms with Crippen LogP contribution in [-0.2, 0) is 16.8 Å². The molecule has 2 aromatic carbocycles. The van der Waals surface area contributed by atoms with Gasteiger partial charge in [-0.1, -0.05) is 55.0 Å². The van der Waals surface area contributed by atoms with Crippen molar-refractivity contribution in [2.24, 2.45) is 0 Å². The summed E-state index contributed by atoms with van der Waals surface area (Å²) in [4.78, 5) is 12.6. The van der Waals surface area contributed by atoms with Crippen molar-refractivity contribution >= 4 is 5.91 Å². The van der Waals surface area contributed by atoms with Gasteiger partial charge >= 0.3 is 0 Å². The van der Waals surface area contributed by atoms with Crippen molar-refractivity contribution in [3.8, 4) is 0 Å². The highest BCUT2D eigenvalue weighted by molar-refractivity contribution is 5.89. The minimum absolute atomic E-state index is 0.0669. The highest BCUT2D eigenvalue weighted by atomic mass is 19.1. The molecule has 0 spiro atoms. The summed E-state index contributed by atoms with van der Waals surface area (Å²) in [7, 11) is 0. The van der Waals surface area contributed by atoms with Crippen molar-refractivity contribution in [1.29, 1.82) is 0 Å². The maximum Gasteiger partial charge on any atom is 0.231 e. The van der Waals surface area contributed by atoms with Crippen LogP contribution >= 0.6 is 0 Å². The number of rotatable bonds is 4. The maximum atomic E-state index is 14.0. The number of carbonyl (C=O) groups is 1. The molecule has 1 N–H and O–H groups in total. The highest BCUT2D eigenvalue weighted by Gasteiger charge is 2.46. The zero-order chi connectivity index (χ0) is 14.7. The topological polar surface area (TPSA) is 29.1 Å². The SMILES string of the molecule is O=C(NCc1ccccc1)C1(c2ccccc2F)CCC1. The summed E-state index contributed by atoms with van der Waals surface area (Å²) in [6.07, 6.45) is 2.40. The molecule has 0 heterocycles. The third-order valence-electron chi connectivity index (χ3n) is 4.33.